The summed E-state index contributed by atoms with van der Waals surface area (Å²) in [5.74, 6) is 1.47. The van der Waals surface area contributed by atoms with E-state index in [2.05, 4.69) is 33.9 Å². The predicted octanol–water partition coefficient (Wildman–Crippen LogP) is 2.56. The highest BCUT2D eigenvalue weighted by Gasteiger charge is 2.33. The van der Waals surface area contributed by atoms with Gasteiger partial charge in [-0.3, -0.25) is 4.90 Å². The fourth-order valence-corrected chi connectivity index (χ4v) is 3.57. The second kappa shape index (κ2) is 6.89. The van der Waals surface area contributed by atoms with Gasteiger partial charge < -0.3 is 15.2 Å². The van der Waals surface area contributed by atoms with Gasteiger partial charge in [-0.2, -0.15) is 0 Å². The fourth-order valence-electron chi connectivity index (χ4n) is 3.08. The molecule has 0 bridgehead atoms. The quantitative estimate of drug-likeness (QED) is 0.893. The molecule has 1 aliphatic rings. The molecule has 4 nitrogen and oxygen atoms in total. The van der Waals surface area contributed by atoms with Crippen LogP contribution in [0.15, 0.2) is 16.6 Å². The minimum absolute atomic E-state index is 0.344. The summed E-state index contributed by atoms with van der Waals surface area (Å²) < 4.78 is 12.0. The highest BCUT2D eigenvalue weighted by Crippen LogP contribution is 2.41. The molecule has 1 aromatic carbocycles. The molecule has 2 rings (SSSR count). The van der Waals surface area contributed by atoms with Gasteiger partial charge in [0, 0.05) is 29.7 Å². The summed E-state index contributed by atoms with van der Waals surface area (Å²) in [7, 11) is 5.59. The van der Waals surface area contributed by atoms with Crippen molar-refractivity contribution in [3.63, 3.8) is 0 Å². The largest absolute Gasteiger partial charge is 0.496 e. The van der Waals surface area contributed by atoms with E-state index in [1.165, 1.54) is 11.1 Å². The van der Waals surface area contributed by atoms with E-state index in [-0.39, 0.29) is 0 Å². The van der Waals surface area contributed by atoms with Crippen LogP contribution < -0.4 is 10.5 Å². The Morgan fingerprint density at radius 2 is 2.15 bits per heavy atom. The maximum atomic E-state index is 5.84. The van der Waals surface area contributed by atoms with Crippen LogP contribution in [-0.4, -0.2) is 39.3 Å². The smallest absolute Gasteiger partial charge is 0.125 e. The van der Waals surface area contributed by atoms with Crippen molar-refractivity contribution in [2.24, 2.45) is 11.7 Å². The minimum atomic E-state index is 0.344. The number of likely N-dealkylation sites (tertiary alicyclic amines) is 1. The van der Waals surface area contributed by atoms with Crippen LogP contribution in [0.3, 0.4) is 0 Å². The van der Waals surface area contributed by atoms with Crippen molar-refractivity contribution in [2.45, 2.75) is 19.1 Å². The Balaban J connectivity index is 2.43. The summed E-state index contributed by atoms with van der Waals surface area (Å²) in [6.45, 7) is 2.36. The van der Waals surface area contributed by atoms with Gasteiger partial charge in [0.2, 0.25) is 0 Å². The van der Waals surface area contributed by atoms with Crippen LogP contribution >= 0.6 is 15.9 Å². The van der Waals surface area contributed by atoms with E-state index in [1.807, 2.05) is 6.07 Å². The molecule has 2 N–H and O–H groups in total. The molecule has 0 radical (unpaired) electrons. The molecular weight excluding hydrogens is 320 g/mol. The van der Waals surface area contributed by atoms with Gasteiger partial charge in [0.25, 0.3) is 0 Å². The number of nitrogens with two attached hydrogens (primary N) is 1. The molecule has 1 fully saturated rings. The number of rotatable bonds is 5. The van der Waals surface area contributed by atoms with E-state index in [0.29, 0.717) is 18.6 Å². The average molecular weight is 343 g/mol. The lowest BCUT2D eigenvalue weighted by molar-refractivity contribution is 0.181. The summed E-state index contributed by atoms with van der Waals surface area (Å²) in [6.07, 6.45) is 1.07. The van der Waals surface area contributed by atoms with Crippen molar-refractivity contribution in [1.29, 1.82) is 0 Å². The van der Waals surface area contributed by atoms with Crippen molar-refractivity contribution in [1.82, 2.24) is 4.90 Å². The first-order valence-corrected chi connectivity index (χ1v) is 7.65. The molecular formula is C15H23BrN2O2. The lowest BCUT2D eigenvalue weighted by atomic mass is 9.95. The van der Waals surface area contributed by atoms with Crippen LogP contribution in [0.4, 0.5) is 0 Å². The molecule has 0 aliphatic carbocycles. The normalized spacial score (nSPS) is 23.2. The molecule has 5 heteroatoms. The van der Waals surface area contributed by atoms with Crippen molar-refractivity contribution >= 4 is 15.9 Å². The SMILES string of the molecule is COCc1cc(Br)cc(OC)c1C1CC(CN)CN1C. The van der Waals surface area contributed by atoms with Crippen molar-refractivity contribution in [2.75, 3.05) is 34.4 Å². The van der Waals surface area contributed by atoms with Gasteiger partial charge in [-0.05, 0) is 43.6 Å². The van der Waals surface area contributed by atoms with Crippen LogP contribution in [0.25, 0.3) is 0 Å². The fraction of sp³-hybridized carbons (Fsp3) is 0.600. The maximum absolute atomic E-state index is 5.84. The second-order valence-corrected chi connectivity index (χ2v) is 6.32. The Morgan fingerprint density at radius 1 is 1.40 bits per heavy atom. The number of ether oxygens (including phenoxy) is 2. The Bertz CT molecular complexity index is 467. The van der Waals surface area contributed by atoms with Crippen molar-refractivity contribution in [3.8, 4) is 5.75 Å². The van der Waals surface area contributed by atoms with Crippen LogP contribution in [0.2, 0.25) is 0 Å². The molecule has 1 aliphatic heterocycles. The van der Waals surface area contributed by atoms with Crippen LogP contribution in [0.1, 0.15) is 23.6 Å². The predicted molar refractivity (Wildman–Crippen MR) is 83.9 cm³/mol. The molecule has 112 valence electrons. The Labute approximate surface area is 129 Å². The molecule has 0 spiro atoms. The summed E-state index contributed by atoms with van der Waals surface area (Å²) in [5, 5.41) is 0. The van der Waals surface area contributed by atoms with E-state index < -0.39 is 0 Å². The third-order valence-corrected chi connectivity index (χ3v) is 4.47. The van der Waals surface area contributed by atoms with Crippen LogP contribution in [-0.2, 0) is 11.3 Å². The molecule has 20 heavy (non-hydrogen) atoms. The first-order valence-electron chi connectivity index (χ1n) is 6.86. The Hall–Kier alpha value is -0.620. The van der Waals surface area contributed by atoms with E-state index in [0.717, 1.165) is 29.7 Å². The molecule has 1 saturated heterocycles. The Morgan fingerprint density at radius 3 is 2.70 bits per heavy atom. The Kier molecular flexibility index (Phi) is 5.43. The number of benzene rings is 1. The van der Waals surface area contributed by atoms with Crippen LogP contribution in [0.5, 0.6) is 5.75 Å². The van der Waals surface area contributed by atoms with Gasteiger partial charge in [-0.15, -0.1) is 0 Å². The summed E-state index contributed by atoms with van der Waals surface area (Å²) in [6, 6.07) is 4.49. The zero-order valence-corrected chi connectivity index (χ0v) is 13.9. The highest BCUT2D eigenvalue weighted by molar-refractivity contribution is 9.10. The van der Waals surface area contributed by atoms with Gasteiger partial charge in [-0.1, -0.05) is 15.9 Å². The van der Waals surface area contributed by atoms with Gasteiger partial charge in [-0.25, -0.2) is 0 Å². The zero-order chi connectivity index (χ0) is 14.7. The lowest BCUT2D eigenvalue weighted by Gasteiger charge is -2.25. The number of methoxy groups -OCH3 is 2. The number of halogens is 1. The standard InChI is InChI=1S/C15H23BrN2O2/c1-18-8-10(7-17)4-13(18)15-11(9-19-2)5-12(16)6-14(15)20-3/h5-6,10,13H,4,7-9,17H2,1-3H3. The monoisotopic (exact) mass is 342 g/mol. The summed E-state index contributed by atoms with van der Waals surface area (Å²) in [4.78, 5) is 2.36. The molecule has 1 aromatic rings. The van der Waals surface area contributed by atoms with E-state index in [9.17, 15) is 0 Å². The number of nitrogens with zero attached hydrogens (tertiary/aromatic N) is 1. The van der Waals surface area contributed by atoms with Gasteiger partial charge in [0.1, 0.15) is 5.75 Å². The molecule has 2 unspecified atom stereocenters. The minimum Gasteiger partial charge on any atom is -0.496 e. The average Bonchev–Trinajstić information content (AvgIpc) is 2.79. The summed E-state index contributed by atoms with van der Waals surface area (Å²) >= 11 is 3.54. The van der Waals surface area contributed by atoms with Crippen molar-refractivity contribution in [3.05, 3.63) is 27.7 Å². The highest BCUT2D eigenvalue weighted by atomic mass is 79.9. The molecule has 0 aromatic heterocycles. The zero-order valence-electron chi connectivity index (χ0n) is 12.4. The first kappa shape index (κ1) is 15.8. The van der Waals surface area contributed by atoms with E-state index in [4.69, 9.17) is 15.2 Å². The van der Waals surface area contributed by atoms with E-state index in [1.54, 1.807) is 14.2 Å². The topological polar surface area (TPSA) is 47.7 Å². The van der Waals surface area contributed by atoms with E-state index >= 15 is 0 Å². The molecule has 2 atom stereocenters. The third kappa shape index (κ3) is 3.17. The first-order chi connectivity index (χ1) is 9.60. The molecule has 0 saturated carbocycles. The van der Waals surface area contributed by atoms with Gasteiger partial charge >= 0.3 is 0 Å². The third-order valence-electron chi connectivity index (χ3n) is 4.01. The molecule has 1 heterocycles. The summed E-state index contributed by atoms with van der Waals surface area (Å²) in [5.41, 5.74) is 8.24. The lowest BCUT2D eigenvalue weighted by Crippen LogP contribution is -2.21. The molecule has 0 amide bonds. The van der Waals surface area contributed by atoms with Crippen molar-refractivity contribution < 1.29 is 9.47 Å². The number of hydrogen-bond donors (Lipinski definition) is 1. The second-order valence-electron chi connectivity index (χ2n) is 5.41. The number of hydrogen-bond acceptors (Lipinski definition) is 4. The maximum Gasteiger partial charge on any atom is 0.125 e. The van der Waals surface area contributed by atoms with Gasteiger partial charge in [0.05, 0.1) is 13.7 Å². The van der Waals surface area contributed by atoms with Crippen LogP contribution in [0, 0.1) is 5.92 Å². The van der Waals surface area contributed by atoms with Gasteiger partial charge in [0.15, 0.2) is 0 Å².